The molecule has 0 saturated carbocycles. The number of hydrogen-bond acceptors (Lipinski definition) is 2. The molecule has 0 aliphatic rings. The molecular formula is C16H14BrNO3. The fourth-order valence-corrected chi connectivity index (χ4v) is 2.43. The Morgan fingerprint density at radius 2 is 1.81 bits per heavy atom. The smallest absolute Gasteiger partial charge is 0.352 e. The number of rotatable bonds is 4. The number of aromatic carboxylic acids is 1. The van der Waals surface area contributed by atoms with Gasteiger partial charge in [0, 0.05) is 15.7 Å². The summed E-state index contributed by atoms with van der Waals surface area (Å²) in [6.07, 6.45) is 3.17. The average molecular weight is 348 g/mol. The number of benzene rings is 1. The van der Waals surface area contributed by atoms with E-state index < -0.39 is 5.97 Å². The molecule has 0 fully saturated rings. The molecule has 0 unspecified atom stereocenters. The van der Waals surface area contributed by atoms with E-state index in [-0.39, 0.29) is 11.5 Å². The van der Waals surface area contributed by atoms with Crippen molar-refractivity contribution in [2.75, 3.05) is 0 Å². The zero-order valence-electron chi connectivity index (χ0n) is 11.6. The van der Waals surface area contributed by atoms with Crippen LogP contribution in [-0.2, 0) is 0 Å². The van der Waals surface area contributed by atoms with Gasteiger partial charge in [-0.15, -0.1) is 0 Å². The molecule has 1 aromatic heterocycles. The van der Waals surface area contributed by atoms with E-state index in [1.807, 2.05) is 24.3 Å². The molecule has 0 aliphatic heterocycles. The van der Waals surface area contributed by atoms with E-state index >= 15 is 0 Å². The first-order valence-electron chi connectivity index (χ1n) is 6.30. The summed E-state index contributed by atoms with van der Waals surface area (Å²) in [6.45, 7) is 3.33. The van der Waals surface area contributed by atoms with Crippen LogP contribution in [0.1, 0.15) is 37.7 Å². The molecule has 0 spiro atoms. The summed E-state index contributed by atoms with van der Waals surface area (Å²) >= 11 is 3.35. The van der Waals surface area contributed by atoms with E-state index in [1.54, 1.807) is 19.9 Å². The normalized spacial score (nSPS) is 11.0. The molecule has 0 amide bonds. The maximum atomic E-state index is 12.3. The third kappa shape index (κ3) is 3.31. The predicted molar refractivity (Wildman–Crippen MR) is 84.7 cm³/mol. The summed E-state index contributed by atoms with van der Waals surface area (Å²) in [5, 5.41) is 9.05. The number of allylic oxidation sites excluding steroid dienone is 1. The predicted octanol–water partition coefficient (Wildman–Crippen LogP) is 3.99. The van der Waals surface area contributed by atoms with E-state index in [0.29, 0.717) is 16.8 Å². The zero-order valence-corrected chi connectivity index (χ0v) is 13.2. The van der Waals surface area contributed by atoms with E-state index in [4.69, 9.17) is 5.11 Å². The van der Waals surface area contributed by atoms with E-state index in [2.05, 4.69) is 20.9 Å². The third-order valence-electron chi connectivity index (χ3n) is 3.19. The van der Waals surface area contributed by atoms with Crippen LogP contribution >= 0.6 is 15.9 Å². The van der Waals surface area contributed by atoms with Crippen molar-refractivity contribution in [1.29, 1.82) is 0 Å². The van der Waals surface area contributed by atoms with Crippen LogP contribution in [0, 0.1) is 13.8 Å². The van der Waals surface area contributed by atoms with Crippen LogP contribution in [-0.4, -0.2) is 21.8 Å². The molecule has 1 heterocycles. The Balaban J connectivity index is 2.29. The summed E-state index contributed by atoms with van der Waals surface area (Å²) in [5.74, 6) is -1.27. The Bertz CT molecular complexity index is 727. The second-order valence-corrected chi connectivity index (χ2v) is 5.59. The van der Waals surface area contributed by atoms with E-state index in [1.165, 1.54) is 6.08 Å². The van der Waals surface area contributed by atoms with Gasteiger partial charge in [0.15, 0.2) is 5.78 Å². The fraction of sp³-hybridized carbons (Fsp3) is 0.125. The minimum absolute atomic E-state index is 0.0629. The van der Waals surface area contributed by atoms with Gasteiger partial charge in [0.2, 0.25) is 0 Å². The number of ketones is 1. The van der Waals surface area contributed by atoms with Crippen molar-refractivity contribution in [3.63, 3.8) is 0 Å². The first kappa shape index (κ1) is 15.3. The van der Waals surface area contributed by atoms with Gasteiger partial charge in [-0.3, -0.25) is 4.79 Å². The second-order valence-electron chi connectivity index (χ2n) is 4.68. The first-order valence-corrected chi connectivity index (χ1v) is 7.10. The highest BCUT2D eigenvalue weighted by molar-refractivity contribution is 9.10. The van der Waals surface area contributed by atoms with Crippen molar-refractivity contribution in [3.05, 3.63) is 62.9 Å². The number of halogens is 1. The Morgan fingerprint density at radius 1 is 1.19 bits per heavy atom. The number of carboxylic acids is 1. The zero-order chi connectivity index (χ0) is 15.6. The van der Waals surface area contributed by atoms with Gasteiger partial charge in [-0.05, 0) is 43.2 Å². The lowest BCUT2D eigenvalue weighted by Crippen LogP contribution is -2.01. The van der Waals surface area contributed by atoms with Gasteiger partial charge in [0.05, 0.1) is 0 Å². The van der Waals surface area contributed by atoms with Gasteiger partial charge in [0.1, 0.15) is 5.69 Å². The third-order valence-corrected chi connectivity index (χ3v) is 3.72. The fourth-order valence-electron chi connectivity index (χ4n) is 2.16. The van der Waals surface area contributed by atoms with Crippen LogP contribution in [0.25, 0.3) is 6.08 Å². The van der Waals surface area contributed by atoms with Crippen LogP contribution in [0.15, 0.2) is 34.8 Å². The number of carbonyl (C=O) groups is 2. The molecule has 21 heavy (non-hydrogen) atoms. The number of aromatic nitrogens is 1. The van der Waals surface area contributed by atoms with Crippen molar-refractivity contribution >= 4 is 33.8 Å². The van der Waals surface area contributed by atoms with Gasteiger partial charge >= 0.3 is 5.97 Å². The lowest BCUT2D eigenvalue weighted by atomic mass is 10.0. The van der Waals surface area contributed by atoms with Crippen molar-refractivity contribution in [2.45, 2.75) is 13.8 Å². The minimum Gasteiger partial charge on any atom is -0.477 e. The molecule has 4 nitrogen and oxygen atoms in total. The largest absolute Gasteiger partial charge is 0.477 e. The number of carbonyl (C=O) groups excluding carboxylic acids is 1. The van der Waals surface area contributed by atoms with Crippen molar-refractivity contribution in [3.8, 4) is 0 Å². The van der Waals surface area contributed by atoms with Crippen LogP contribution < -0.4 is 0 Å². The highest BCUT2D eigenvalue weighted by atomic mass is 79.9. The summed E-state index contributed by atoms with van der Waals surface area (Å²) in [5.41, 5.74) is 2.41. The molecule has 5 heteroatoms. The standard InChI is InChI=1S/C16H14BrNO3/c1-9-14(10(2)18-15(9)16(20)21)13(19)8-5-11-3-6-12(17)7-4-11/h3-8,18H,1-2H3,(H,20,21)/b8-5+. The lowest BCUT2D eigenvalue weighted by molar-refractivity contribution is 0.0690. The van der Waals surface area contributed by atoms with Crippen molar-refractivity contribution in [2.24, 2.45) is 0 Å². The van der Waals surface area contributed by atoms with Gasteiger partial charge in [-0.2, -0.15) is 0 Å². The number of carboxylic acid groups (broad SMARTS) is 1. The quantitative estimate of drug-likeness (QED) is 0.648. The molecule has 0 radical (unpaired) electrons. The Morgan fingerprint density at radius 3 is 2.33 bits per heavy atom. The molecule has 2 aromatic rings. The molecule has 0 aliphatic carbocycles. The highest BCUT2D eigenvalue weighted by Crippen LogP contribution is 2.19. The maximum Gasteiger partial charge on any atom is 0.352 e. The minimum atomic E-state index is -1.06. The molecule has 0 bridgehead atoms. The second kappa shape index (κ2) is 6.10. The summed E-state index contributed by atoms with van der Waals surface area (Å²) in [4.78, 5) is 26.0. The number of aromatic amines is 1. The van der Waals surface area contributed by atoms with Gasteiger partial charge in [-0.1, -0.05) is 34.1 Å². The number of aryl methyl sites for hydroxylation is 1. The Labute approximate surface area is 130 Å². The summed E-state index contributed by atoms with van der Waals surface area (Å²) in [7, 11) is 0. The summed E-state index contributed by atoms with van der Waals surface area (Å²) in [6, 6.07) is 7.54. The van der Waals surface area contributed by atoms with Gasteiger partial charge in [0.25, 0.3) is 0 Å². The monoisotopic (exact) mass is 347 g/mol. The van der Waals surface area contributed by atoms with Gasteiger partial charge < -0.3 is 10.1 Å². The average Bonchev–Trinajstić information content (AvgIpc) is 2.73. The summed E-state index contributed by atoms with van der Waals surface area (Å²) < 4.78 is 0.967. The van der Waals surface area contributed by atoms with E-state index in [9.17, 15) is 9.59 Å². The van der Waals surface area contributed by atoms with Crippen molar-refractivity contribution in [1.82, 2.24) is 4.98 Å². The number of H-pyrrole nitrogens is 1. The van der Waals surface area contributed by atoms with Crippen LogP contribution in [0.4, 0.5) is 0 Å². The van der Waals surface area contributed by atoms with Crippen LogP contribution in [0.3, 0.4) is 0 Å². The molecular weight excluding hydrogens is 334 g/mol. The highest BCUT2D eigenvalue weighted by Gasteiger charge is 2.19. The van der Waals surface area contributed by atoms with Crippen molar-refractivity contribution < 1.29 is 14.7 Å². The van der Waals surface area contributed by atoms with Crippen LogP contribution in [0.2, 0.25) is 0 Å². The molecule has 2 N–H and O–H groups in total. The van der Waals surface area contributed by atoms with E-state index in [0.717, 1.165) is 10.0 Å². The molecule has 108 valence electrons. The first-order chi connectivity index (χ1) is 9.90. The lowest BCUT2D eigenvalue weighted by Gasteiger charge is -1.98. The van der Waals surface area contributed by atoms with Crippen LogP contribution in [0.5, 0.6) is 0 Å². The number of hydrogen-bond donors (Lipinski definition) is 2. The Hall–Kier alpha value is -2.14. The Kier molecular flexibility index (Phi) is 4.43. The molecule has 2 rings (SSSR count). The SMILES string of the molecule is Cc1[nH]c(C(=O)O)c(C)c1C(=O)/C=C/c1ccc(Br)cc1. The molecule has 0 atom stereocenters. The van der Waals surface area contributed by atoms with Gasteiger partial charge in [-0.25, -0.2) is 4.79 Å². The topological polar surface area (TPSA) is 70.2 Å². The maximum absolute atomic E-state index is 12.3. The molecule has 0 saturated heterocycles. The molecule has 1 aromatic carbocycles. The number of nitrogens with one attached hydrogen (secondary N) is 1.